The lowest BCUT2D eigenvalue weighted by atomic mass is 9.99. The highest BCUT2D eigenvalue weighted by Crippen LogP contribution is 2.20. The maximum Gasteiger partial charge on any atom is 0.337 e. The molecule has 0 unspecified atom stereocenters. The van der Waals surface area contributed by atoms with Gasteiger partial charge in [0.1, 0.15) is 0 Å². The first-order chi connectivity index (χ1) is 10.3. The van der Waals surface area contributed by atoms with Crippen LogP contribution in [0.25, 0.3) is 0 Å². The van der Waals surface area contributed by atoms with Crippen molar-refractivity contribution >= 4 is 29.1 Å². The Hall–Kier alpha value is -3.35. The van der Waals surface area contributed by atoms with Crippen LogP contribution in [0.15, 0.2) is 36.4 Å². The minimum Gasteiger partial charge on any atom is -0.478 e. The molecule has 0 amide bonds. The predicted molar refractivity (Wildman–Crippen MR) is 79.1 cm³/mol. The van der Waals surface area contributed by atoms with Crippen molar-refractivity contribution in [3.8, 4) is 0 Å². The SMILES string of the molecule is Nc1cc(C(=O)c2ccc(C(=O)O)c(N)c2)ccc1C(=O)O. The van der Waals surface area contributed by atoms with Crippen molar-refractivity contribution in [1.29, 1.82) is 0 Å². The summed E-state index contributed by atoms with van der Waals surface area (Å²) in [5.74, 6) is -2.81. The van der Waals surface area contributed by atoms with E-state index in [1.165, 1.54) is 36.4 Å². The third-order valence-electron chi connectivity index (χ3n) is 3.09. The van der Waals surface area contributed by atoms with E-state index in [2.05, 4.69) is 0 Å². The minimum atomic E-state index is -1.19. The lowest BCUT2D eigenvalue weighted by molar-refractivity contribution is 0.0687. The zero-order valence-electron chi connectivity index (χ0n) is 11.2. The first-order valence-corrected chi connectivity index (χ1v) is 6.11. The van der Waals surface area contributed by atoms with Crippen LogP contribution in [0.3, 0.4) is 0 Å². The molecule has 0 heterocycles. The molecule has 7 nitrogen and oxygen atoms in total. The van der Waals surface area contributed by atoms with Crippen LogP contribution in [0, 0.1) is 0 Å². The second kappa shape index (κ2) is 5.57. The average Bonchev–Trinajstić information content (AvgIpc) is 2.45. The molecular weight excluding hydrogens is 288 g/mol. The summed E-state index contributed by atoms with van der Waals surface area (Å²) in [4.78, 5) is 34.1. The highest BCUT2D eigenvalue weighted by molar-refractivity contribution is 6.11. The molecule has 0 aliphatic rings. The van der Waals surface area contributed by atoms with Gasteiger partial charge >= 0.3 is 11.9 Å². The van der Waals surface area contributed by atoms with E-state index in [1.54, 1.807) is 0 Å². The number of rotatable bonds is 4. The third-order valence-corrected chi connectivity index (χ3v) is 3.09. The molecule has 0 aliphatic carbocycles. The van der Waals surface area contributed by atoms with Gasteiger partial charge in [-0.05, 0) is 24.3 Å². The molecule has 2 rings (SSSR count). The summed E-state index contributed by atoms with van der Waals surface area (Å²) >= 11 is 0. The van der Waals surface area contributed by atoms with E-state index >= 15 is 0 Å². The Balaban J connectivity index is 2.40. The number of carboxylic acids is 2. The van der Waals surface area contributed by atoms with Gasteiger partial charge in [-0.25, -0.2) is 9.59 Å². The van der Waals surface area contributed by atoms with Crippen LogP contribution >= 0.6 is 0 Å². The fourth-order valence-electron chi connectivity index (χ4n) is 1.96. The van der Waals surface area contributed by atoms with Gasteiger partial charge < -0.3 is 21.7 Å². The molecule has 0 atom stereocenters. The Morgan fingerprint density at radius 2 is 1.09 bits per heavy atom. The summed E-state index contributed by atoms with van der Waals surface area (Å²) < 4.78 is 0. The number of benzene rings is 2. The molecular formula is C15H12N2O5. The van der Waals surface area contributed by atoms with E-state index in [0.29, 0.717) is 0 Å². The summed E-state index contributed by atoms with van der Waals surface area (Å²) in [7, 11) is 0. The molecule has 0 saturated heterocycles. The van der Waals surface area contributed by atoms with Crippen molar-refractivity contribution in [3.05, 3.63) is 58.7 Å². The Kier molecular flexibility index (Phi) is 3.81. The quantitative estimate of drug-likeness (QED) is 0.494. The molecule has 0 radical (unpaired) electrons. The number of aromatic carboxylic acids is 2. The summed E-state index contributed by atoms with van der Waals surface area (Å²) in [6.45, 7) is 0. The molecule has 7 heteroatoms. The first-order valence-electron chi connectivity index (χ1n) is 6.11. The monoisotopic (exact) mass is 300 g/mol. The van der Waals surface area contributed by atoms with E-state index in [1.807, 2.05) is 0 Å². The standard InChI is InChI=1S/C15H12N2O5/c16-11-5-7(1-3-9(11)14(19)20)13(18)8-2-4-10(15(21)22)12(17)6-8/h1-6H,16-17H2,(H,19,20)(H,21,22). The second-order valence-corrected chi connectivity index (χ2v) is 4.54. The maximum atomic E-state index is 12.3. The molecule has 2 aromatic carbocycles. The number of carbonyl (C=O) groups excluding carboxylic acids is 1. The molecule has 0 saturated carbocycles. The molecule has 22 heavy (non-hydrogen) atoms. The summed E-state index contributed by atoms with van der Waals surface area (Å²) in [6, 6.07) is 7.66. The highest BCUT2D eigenvalue weighted by Gasteiger charge is 2.16. The van der Waals surface area contributed by atoms with E-state index in [0.717, 1.165) is 0 Å². The summed E-state index contributed by atoms with van der Waals surface area (Å²) in [5.41, 5.74) is 11.3. The Morgan fingerprint density at radius 3 is 1.36 bits per heavy atom. The molecule has 6 N–H and O–H groups in total. The fourth-order valence-corrected chi connectivity index (χ4v) is 1.96. The third kappa shape index (κ3) is 2.73. The number of anilines is 2. The number of ketones is 1. The van der Waals surface area contributed by atoms with Gasteiger partial charge in [-0.1, -0.05) is 12.1 Å². The maximum absolute atomic E-state index is 12.3. The van der Waals surface area contributed by atoms with Crippen molar-refractivity contribution in [2.75, 3.05) is 11.5 Å². The van der Waals surface area contributed by atoms with Crippen LogP contribution in [-0.4, -0.2) is 27.9 Å². The normalized spacial score (nSPS) is 10.2. The van der Waals surface area contributed by atoms with Gasteiger partial charge in [0.25, 0.3) is 0 Å². The van der Waals surface area contributed by atoms with Gasteiger partial charge in [0.05, 0.1) is 11.1 Å². The molecule has 0 spiro atoms. The smallest absolute Gasteiger partial charge is 0.337 e. The molecule has 0 fully saturated rings. The van der Waals surface area contributed by atoms with Gasteiger partial charge in [-0.2, -0.15) is 0 Å². The Morgan fingerprint density at radius 1 is 0.727 bits per heavy atom. The minimum absolute atomic E-state index is 0.0338. The number of hydrogen-bond donors (Lipinski definition) is 4. The zero-order valence-corrected chi connectivity index (χ0v) is 11.2. The van der Waals surface area contributed by atoms with Gasteiger partial charge in [0, 0.05) is 22.5 Å². The highest BCUT2D eigenvalue weighted by atomic mass is 16.4. The van der Waals surface area contributed by atoms with Crippen LogP contribution in [0.2, 0.25) is 0 Å². The second-order valence-electron chi connectivity index (χ2n) is 4.54. The largest absolute Gasteiger partial charge is 0.478 e. The van der Waals surface area contributed by atoms with E-state index in [4.69, 9.17) is 21.7 Å². The van der Waals surface area contributed by atoms with E-state index in [-0.39, 0.29) is 33.6 Å². The van der Waals surface area contributed by atoms with Gasteiger partial charge in [-0.3, -0.25) is 4.79 Å². The zero-order chi connectivity index (χ0) is 16.4. The molecule has 112 valence electrons. The van der Waals surface area contributed by atoms with Crippen LogP contribution in [-0.2, 0) is 0 Å². The molecule has 2 aromatic rings. The van der Waals surface area contributed by atoms with Crippen molar-refractivity contribution in [2.24, 2.45) is 0 Å². The number of hydrogen-bond acceptors (Lipinski definition) is 5. The average molecular weight is 300 g/mol. The van der Waals surface area contributed by atoms with Crippen LogP contribution in [0.1, 0.15) is 36.6 Å². The number of nitrogens with two attached hydrogens (primary N) is 2. The Bertz CT molecular complexity index is 733. The lowest BCUT2D eigenvalue weighted by Gasteiger charge is -2.07. The van der Waals surface area contributed by atoms with E-state index < -0.39 is 17.7 Å². The fraction of sp³-hybridized carbons (Fsp3) is 0. The van der Waals surface area contributed by atoms with Gasteiger partial charge in [0.15, 0.2) is 5.78 Å². The van der Waals surface area contributed by atoms with Crippen LogP contribution < -0.4 is 11.5 Å². The predicted octanol–water partition coefficient (Wildman–Crippen LogP) is 1.48. The van der Waals surface area contributed by atoms with Crippen molar-refractivity contribution in [3.63, 3.8) is 0 Å². The van der Waals surface area contributed by atoms with Gasteiger partial charge in [0.2, 0.25) is 0 Å². The van der Waals surface area contributed by atoms with Crippen molar-refractivity contribution < 1.29 is 24.6 Å². The number of carboxylic acid groups (broad SMARTS) is 2. The summed E-state index contributed by atoms with van der Waals surface area (Å²) in [6.07, 6.45) is 0. The lowest BCUT2D eigenvalue weighted by Crippen LogP contribution is -2.08. The van der Waals surface area contributed by atoms with Crippen LogP contribution in [0.5, 0.6) is 0 Å². The van der Waals surface area contributed by atoms with Crippen molar-refractivity contribution in [2.45, 2.75) is 0 Å². The Labute approximate surface area is 124 Å². The number of carbonyl (C=O) groups is 3. The van der Waals surface area contributed by atoms with Crippen molar-refractivity contribution in [1.82, 2.24) is 0 Å². The number of nitrogen functional groups attached to an aromatic ring is 2. The topological polar surface area (TPSA) is 144 Å². The van der Waals surface area contributed by atoms with Crippen LogP contribution in [0.4, 0.5) is 11.4 Å². The van der Waals surface area contributed by atoms with E-state index in [9.17, 15) is 14.4 Å². The molecule has 0 aliphatic heterocycles. The molecule has 0 aromatic heterocycles. The first kappa shape index (κ1) is 15.0. The molecule has 0 bridgehead atoms. The van der Waals surface area contributed by atoms with Gasteiger partial charge in [-0.15, -0.1) is 0 Å². The summed E-state index contributed by atoms with van der Waals surface area (Å²) in [5, 5.41) is 17.8.